The van der Waals surface area contributed by atoms with Gasteiger partial charge in [0.15, 0.2) is 0 Å². The van der Waals surface area contributed by atoms with Crippen LogP contribution in [-0.4, -0.2) is 24.7 Å². The minimum atomic E-state index is -0.166. The molecule has 17 heavy (non-hydrogen) atoms. The largest absolute Gasteiger partial charge is 0.365 e. The monoisotopic (exact) mass is 348 g/mol. The molecule has 0 bridgehead atoms. The molecule has 0 spiro atoms. The molecule has 1 atom stereocenters. The van der Waals surface area contributed by atoms with E-state index in [-0.39, 0.29) is 11.4 Å². The third kappa shape index (κ3) is 2.91. The number of rotatable bonds is 1. The van der Waals surface area contributed by atoms with Gasteiger partial charge in [0, 0.05) is 28.2 Å². The van der Waals surface area contributed by atoms with Crippen LogP contribution in [0.3, 0.4) is 0 Å². The van der Waals surface area contributed by atoms with Crippen LogP contribution in [0.15, 0.2) is 18.2 Å². The molecule has 1 aromatic rings. The van der Waals surface area contributed by atoms with Gasteiger partial charge in [0.1, 0.15) is 5.82 Å². The molecule has 0 amide bonds. The van der Waals surface area contributed by atoms with Crippen molar-refractivity contribution in [3.63, 3.8) is 0 Å². The maximum absolute atomic E-state index is 13.1. The molecular formula is C13H18FIN2. The summed E-state index contributed by atoms with van der Waals surface area (Å²) in [5, 5.41) is 3.52. The van der Waals surface area contributed by atoms with E-state index in [1.165, 1.54) is 0 Å². The molecule has 4 heteroatoms. The quantitative estimate of drug-likeness (QED) is 0.785. The summed E-state index contributed by atoms with van der Waals surface area (Å²) in [4.78, 5) is 2.36. The zero-order valence-electron chi connectivity index (χ0n) is 10.4. The third-order valence-corrected chi connectivity index (χ3v) is 4.06. The predicted octanol–water partition coefficient (Wildman–Crippen LogP) is 3.01. The highest BCUT2D eigenvalue weighted by atomic mass is 127. The molecule has 1 aliphatic heterocycles. The van der Waals surface area contributed by atoms with Crippen molar-refractivity contribution in [1.82, 2.24) is 5.32 Å². The van der Waals surface area contributed by atoms with E-state index in [2.05, 4.69) is 53.6 Å². The fourth-order valence-corrected chi connectivity index (χ4v) is 3.00. The van der Waals surface area contributed by atoms with Gasteiger partial charge in [-0.1, -0.05) is 0 Å². The molecule has 1 aliphatic rings. The first-order valence-electron chi connectivity index (χ1n) is 5.86. The van der Waals surface area contributed by atoms with Gasteiger partial charge in [0.25, 0.3) is 0 Å². The zero-order chi connectivity index (χ0) is 12.6. The van der Waals surface area contributed by atoms with Gasteiger partial charge >= 0.3 is 0 Å². The number of halogens is 2. The number of hydrogen-bond donors (Lipinski definition) is 1. The van der Waals surface area contributed by atoms with Crippen LogP contribution < -0.4 is 10.2 Å². The summed E-state index contributed by atoms with van der Waals surface area (Å²) in [6, 6.07) is 5.45. The lowest BCUT2D eigenvalue weighted by Gasteiger charge is -2.45. The fraction of sp³-hybridized carbons (Fsp3) is 0.538. The number of benzene rings is 1. The first kappa shape index (κ1) is 13.1. The fourth-order valence-electron chi connectivity index (χ4n) is 2.21. The Morgan fingerprint density at radius 1 is 1.47 bits per heavy atom. The van der Waals surface area contributed by atoms with Gasteiger partial charge in [-0.3, -0.25) is 0 Å². The molecule has 0 radical (unpaired) electrons. The maximum atomic E-state index is 13.1. The lowest BCUT2D eigenvalue weighted by molar-refractivity contribution is 0.318. The van der Waals surface area contributed by atoms with Crippen molar-refractivity contribution < 1.29 is 4.39 Å². The second-order valence-corrected chi connectivity index (χ2v) is 6.50. The van der Waals surface area contributed by atoms with Gasteiger partial charge < -0.3 is 10.2 Å². The van der Waals surface area contributed by atoms with Crippen molar-refractivity contribution in [2.24, 2.45) is 0 Å². The summed E-state index contributed by atoms with van der Waals surface area (Å²) in [6.07, 6.45) is 0. The molecule has 1 saturated heterocycles. The lowest BCUT2D eigenvalue weighted by atomic mass is 9.98. The van der Waals surface area contributed by atoms with E-state index in [1.54, 1.807) is 12.1 Å². The van der Waals surface area contributed by atoms with Crippen molar-refractivity contribution in [3.8, 4) is 0 Å². The van der Waals surface area contributed by atoms with E-state index in [1.807, 2.05) is 6.07 Å². The topological polar surface area (TPSA) is 15.3 Å². The van der Waals surface area contributed by atoms with Crippen LogP contribution in [0.4, 0.5) is 10.1 Å². The molecule has 1 unspecified atom stereocenters. The molecular weight excluding hydrogens is 330 g/mol. The van der Waals surface area contributed by atoms with Crippen LogP contribution in [0, 0.1) is 9.39 Å². The van der Waals surface area contributed by atoms with Gasteiger partial charge in [-0.25, -0.2) is 4.39 Å². The Balaban J connectivity index is 2.31. The minimum Gasteiger partial charge on any atom is -0.365 e. The van der Waals surface area contributed by atoms with Gasteiger partial charge in [-0.05, 0) is 61.6 Å². The van der Waals surface area contributed by atoms with Crippen LogP contribution >= 0.6 is 22.6 Å². The Bertz CT molecular complexity index is 420. The summed E-state index contributed by atoms with van der Waals surface area (Å²) in [6.45, 7) is 8.49. The second kappa shape index (κ2) is 4.72. The molecule has 0 aromatic heterocycles. The van der Waals surface area contributed by atoms with E-state index in [0.717, 1.165) is 22.3 Å². The molecule has 94 valence electrons. The molecule has 1 fully saturated rings. The molecule has 2 rings (SSSR count). The molecule has 1 heterocycles. The van der Waals surface area contributed by atoms with Crippen molar-refractivity contribution >= 4 is 28.3 Å². The Morgan fingerprint density at radius 3 is 2.82 bits per heavy atom. The Kier molecular flexibility index (Phi) is 3.63. The highest BCUT2D eigenvalue weighted by Crippen LogP contribution is 2.28. The number of anilines is 1. The van der Waals surface area contributed by atoms with Crippen LogP contribution in [0.1, 0.15) is 20.8 Å². The van der Waals surface area contributed by atoms with Crippen LogP contribution in [-0.2, 0) is 0 Å². The van der Waals surface area contributed by atoms with Crippen molar-refractivity contribution in [2.75, 3.05) is 18.0 Å². The van der Waals surface area contributed by atoms with E-state index >= 15 is 0 Å². The van der Waals surface area contributed by atoms with Crippen molar-refractivity contribution in [2.45, 2.75) is 32.4 Å². The van der Waals surface area contributed by atoms with Crippen LogP contribution in [0.5, 0.6) is 0 Å². The Labute approximate surface area is 116 Å². The van der Waals surface area contributed by atoms with E-state index in [4.69, 9.17) is 0 Å². The van der Waals surface area contributed by atoms with Crippen LogP contribution in [0.2, 0.25) is 0 Å². The number of piperazine rings is 1. The summed E-state index contributed by atoms with van der Waals surface area (Å²) < 4.78 is 14.1. The minimum absolute atomic E-state index is 0.101. The maximum Gasteiger partial charge on any atom is 0.124 e. The Morgan fingerprint density at radius 2 is 2.18 bits per heavy atom. The van der Waals surface area contributed by atoms with Gasteiger partial charge in [-0.15, -0.1) is 0 Å². The summed E-state index contributed by atoms with van der Waals surface area (Å²) >= 11 is 2.21. The molecule has 1 aromatic carbocycles. The molecule has 2 nitrogen and oxygen atoms in total. The average Bonchev–Trinajstić information content (AvgIpc) is 2.22. The summed E-state index contributed by atoms with van der Waals surface area (Å²) in [5.41, 5.74) is 1.23. The smallest absolute Gasteiger partial charge is 0.124 e. The van der Waals surface area contributed by atoms with Gasteiger partial charge in [0.05, 0.1) is 5.69 Å². The molecule has 0 aliphatic carbocycles. The first-order chi connectivity index (χ1) is 7.89. The predicted molar refractivity (Wildman–Crippen MR) is 78.0 cm³/mol. The molecule has 0 saturated carbocycles. The normalized spacial score (nSPS) is 23.8. The van der Waals surface area contributed by atoms with E-state index < -0.39 is 0 Å². The third-order valence-electron chi connectivity index (χ3n) is 3.19. The van der Waals surface area contributed by atoms with Gasteiger partial charge in [-0.2, -0.15) is 0 Å². The number of nitrogens with zero attached hydrogens (tertiary/aromatic N) is 1. The zero-order valence-corrected chi connectivity index (χ0v) is 12.6. The second-order valence-electron chi connectivity index (χ2n) is 5.34. The SMILES string of the molecule is CC1CNC(C)(C)CN1c1ccc(F)cc1I. The van der Waals surface area contributed by atoms with Gasteiger partial charge in [0.2, 0.25) is 0 Å². The summed E-state index contributed by atoms with van der Waals surface area (Å²) in [7, 11) is 0. The Hall–Kier alpha value is -0.360. The standard InChI is InChI=1S/C13H18FIN2/c1-9-7-16-13(2,3)8-17(9)12-5-4-10(14)6-11(12)15/h4-6,9,16H,7-8H2,1-3H3. The first-order valence-corrected chi connectivity index (χ1v) is 6.94. The van der Waals surface area contributed by atoms with Crippen molar-refractivity contribution in [1.29, 1.82) is 0 Å². The van der Waals surface area contributed by atoms with E-state index in [9.17, 15) is 4.39 Å². The molecule has 1 N–H and O–H groups in total. The lowest BCUT2D eigenvalue weighted by Crippen LogP contribution is -2.61. The number of nitrogens with one attached hydrogen (secondary N) is 1. The average molecular weight is 348 g/mol. The van der Waals surface area contributed by atoms with Crippen LogP contribution in [0.25, 0.3) is 0 Å². The van der Waals surface area contributed by atoms with E-state index in [0.29, 0.717) is 6.04 Å². The highest BCUT2D eigenvalue weighted by Gasteiger charge is 2.31. The summed E-state index contributed by atoms with van der Waals surface area (Å²) in [5.74, 6) is -0.166. The number of hydrogen-bond acceptors (Lipinski definition) is 2. The highest BCUT2D eigenvalue weighted by molar-refractivity contribution is 14.1. The van der Waals surface area contributed by atoms with Crippen molar-refractivity contribution in [3.05, 3.63) is 27.6 Å².